The highest BCUT2D eigenvalue weighted by Gasteiger charge is 2.21. The fourth-order valence-electron chi connectivity index (χ4n) is 3.57. The number of ether oxygens (including phenoxy) is 3. The molecule has 2 heterocycles. The van der Waals surface area contributed by atoms with Crippen LogP contribution in [0.1, 0.15) is 11.1 Å². The second-order valence-corrected chi connectivity index (χ2v) is 7.92. The van der Waals surface area contributed by atoms with Gasteiger partial charge in [0.15, 0.2) is 12.6 Å². The summed E-state index contributed by atoms with van der Waals surface area (Å²) in [6.45, 7) is 0.613. The van der Waals surface area contributed by atoms with E-state index in [0.717, 1.165) is 16.7 Å². The molecule has 5 rings (SSSR count). The molecule has 0 saturated carbocycles. The van der Waals surface area contributed by atoms with Crippen molar-refractivity contribution in [3.8, 4) is 22.8 Å². The third-order valence-corrected chi connectivity index (χ3v) is 5.42. The average Bonchev–Trinajstić information content (AvgIpc) is 2.79. The zero-order chi connectivity index (χ0) is 21.4. The lowest BCUT2D eigenvalue weighted by atomic mass is 10.1. The van der Waals surface area contributed by atoms with E-state index < -0.39 is 0 Å². The quantitative estimate of drug-likeness (QED) is 0.366. The number of benzene rings is 3. The van der Waals surface area contributed by atoms with Crippen LogP contribution in [0.4, 0.5) is 0 Å². The summed E-state index contributed by atoms with van der Waals surface area (Å²) in [6, 6.07) is 17.8. The lowest BCUT2D eigenvalue weighted by molar-refractivity contribution is -0.0175. The Balaban J connectivity index is 1.62. The summed E-state index contributed by atoms with van der Waals surface area (Å²) in [5, 5.41) is 1.32. The smallest absolute Gasteiger partial charge is 0.235 e. The van der Waals surface area contributed by atoms with Crippen LogP contribution in [0.25, 0.3) is 22.3 Å². The second kappa shape index (κ2) is 8.27. The minimum absolute atomic E-state index is 0.0690. The van der Waals surface area contributed by atoms with E-state index in [-0.39, 0.29) is 24.6 Å². The Labute approximate surface area is 187 Å². The maximum Gasteiger partial charge on any atom is 0.235 e. The lowest BCUT2D eigenvalue weighted by Gasteiger charge is -2.21. The molecule has 0 spiro atoms. The van der Waals surface area contributed by atoms with Crippen LogP contribution < -0.4 is 14.9 Å². The van der Waals surface area contributed by atoms with Gasteiger partial charge in [0.25, 0.3) is 0 Å². The van der Waals surface area contributed by atoms with E-state index in [1.165, 1.54) is 0 Å². The van der Waals surface area contributed by atoms with Gasteiger partial charge in [-0.25, -0.2) is 0 Å². The Morgan fingerprint density at radius 2 is 1.81 bits per heavy atom. The topological polar surface area (TPSA) is 57.9 Å². The molecule has 7 heteroatoms. The summed E-state index contributed by atoms with van der Waals surface area (Å²) in [4.78, 5) is 13.3. The van der Waals surface area contributed by atoms with Gasteiger partial charge in [-0.05, 0) is 30.3 Å². The van der Waals surface area contributed by atoms with Gasteiger partial charge in [0.2, 0.25) is 11.2 Å². The van der Waals surface area contributed by atoms with Crippen molar-refractivity contribution in [1.29, 1.82) is 0 Å². The number of halogens is 2. The van der Waals surface area contributed by atoms with E-state index in [9.17, 15) is 4.79 Å². The van der Waals surface area contributed by atoms with Gasteiger partial charge in [-0.2, -0.15) is 0 Å². The number of rotatable bonds is 4. The van der Waals surface area contributed by atoms with E-state index in [1.54, 1.807) is 30.3 Å². The van der Waals surface area contributed by atoms with Gasteiger partial charge in [0, 0.05) is 26.7 Å². The molecule has 0 unspecified atom stereocenters. The molecule has 3 aromatic carbocycles. The van der Waals surface area contributed by atoms with E-state index >= 15 is 0 Å². The van der Waals surface area contributed by atoms with Crippen molar-refractivity contribution < 1.29 is 18.6 Å². The van der Waals surface area contributed by atoms with Gasteiger partial charge in [0.05, 0.1) is 12.0 Å². The third-order valence-electron chi connectivity index (χ3n) is 4.97. The molecule has 156 valence electrons. The van der Waals surface area contributed by atoms with Crippen molar-refractivity contribution >= 4 is 34.2 Å². The van der Waals surface area contributed by atoms with Crippen LogP contribution in [0.2, 0.25) is 10.0 Å². The molecule has 0 N–H and O–H groups in total. The minimum Gasteiger partial charge on any atom is -0.481 e. The standard InChI is InChI=1S/C24H16Cl2O5/c25-17-6-7-20-19(10-17)21(27)24(23(31-20)14-4-2-1-3-5-14)29-12-16-9-18(26)8-15-11-28-13-30-22(15)16/h1-10H,11-13H2. The summed E-state index contributed by atoms with van der Waals surface area (Å²) in [6.07, 6.45) is 0. The maximum absolute atomic E-state index is 13.3. The molecule has 0 amide bonds. The van der Waals surface area contributed by atoms with Crippen molar-refractivity contribution in [2.75, 3.05) is 6.79 Å². The molecule has 0 bridgehead atoms. The second-order valence-electron chi connectivity index (χ2n) is 7.05. The van der Waals surface area contributed by atoms with Crippen LogP contribution in [0.15, 0.2) is 69.9 Å². The first-order valence-electron chi connectivity index (χ1n) is 9.56. The zero-order valence-electron chi connectivity index (χ0n) is 16.2. The van der Waals surface area contributed by atoms with Gasteiger partial charge < -0.3 is 18.6 Å². The summed E-state index contributed by atoms with van der Waals surface area (Å²) >= 11 is 12.4. The molecule has 0 radical (unpaired) electrons. The SMILES string of the molecule is O=c1c(OCc2cc(Cl)cc3c2OCOC3)c(-c2ccccc2)oc2ccc(Cl)cc12. The Hall–Kier alpha value is -2.99. The van der Waals surface area contributed by atoms with Crippen LogP contribution in [0.3, 0.4) is 0 Å². The highest BCUT2D eigenvalue weighted by Crippen LogP contribution is 2.35. The van der Waals surface area contributed by atoms with Crippen LogP contribution in [0, 0.1) is 0 Å². The zero-order valence-corrected chi connectivity index (χ0v) is 17.7. The largest absolute Gasteiger partial charge is 0.481 e. The first-order chi connectivity index (χ1) is 15.1. The first kappa shape index (κ1) is 19.9. The Kier molecular flexibility index (Phi) is 5.32. The van der Waals surface area contributed by atoms with Crippen LogP contribution >= 0.6 is 23.2 Å². The molecule has 0 aliphatic carbocycles. The van der Waals surface area contributed by atoms with Gasteiger partial charge in [-0.1, -0.05) is 53.5 Å². The predicted molar refractivity (Wildman–Crippen MR) is 119 cm³/mol. The fraction of sp³-hybridized carbons (Fsp3) is 0.125. The molecule has 1 aromatic heterocycles. The van der Waals surface area contributed by atoms with Crippen molar-refractivity contribution in [3.05, 3.63) is 92.1 Å². The molecular formula is C24H16Cl2O5. The predicted octanol–water partition coefficient (Wildman–Crippen LogP) is 6.21. The molecule has 31 heavy (non-hydrogen) atoms. The third kappa shape index (κ3) is 3.88. The summed E-state index contributed by atoms with van der Waals surface area (Å²) < 4.78 is 23.1. The van der Waals surface area contributed by atoms with Crippen molar-refractivity contribution in [2.24, 2.45) is 0 Å². The molecule has 1 aliphatic heterocycles. The van der Waals surface area contributed by atoms with Crippen molar-refractivity contribution in [3.63, 3.8) is 0 Å². The average molecular weight is 455 g/mol. The molecule has 0 atom stereocenters. The van der Waals surface area contributed by atoms with Crippen molar-refractivity contribution in [1.82, 2.24) is 0 Å². The van der Waals surface area contributed by atoms with Crippen LogP contribution in [-0.4, -0.2) is 6.79 Å². The normalized spacial score (nSPS) is 13.0. The van der Waals surface area contributed by atoms with Crippen LogP contribution in [-0.2, 0) is 18.0 Å². The van der Waals surface area contributed by atoms with E-state index in [2.05, 4.69) is 0 Å². The van der Waals surface area contributed by atoms with E-state index in [1.807, 2.05) is 30.3 Å². The number of fused-ring (bicyclic) bond motifs is 2. The Bertz CT molecular complexity index is 1330. The van der Waals surface area contributed by atoms with Gasteiger partial charge in [0.1, 0.15) is 17.9 Å². The molecule has 0 saturated heterocycles. The van der Waals surface area contributed by atoms with Gasteiger partial charge in [-0.15, -0.1) is 0 Å². The van der Waals surface area contributed by atoms with Gasteiger partial charge >= 0.3 is 0 Å². The van der Waals surface area contributed by atoms with E-state index in [0.29, 0.717) is 39.1 Å². The number of hydrogen-bond acceptors (Lipinski definition) is 5. The maximum atomic E-state index is 13.3. The molecular weight excluding hydrogens is 439 g/mol. The fourth-order valence-corrected chi connectivity index (χ4v) is 4.01. The summed E-state index contributed by atoms with van der Waals surface area (Å²) in [5.41, 5.74) is 2.40. The minimum atomic E-state index is -0.303. The Morgan fingerprint density at radius 1 is 0.968 bits per heavy atom. The Morgan fingerprint density at radius 3 is 2.65 bits per heavy atom. The van der Waals surface area contributed by atoms with Crippen molar-refractivity contribution in [2.45, 2.75) is 13.2 Å². The summed E-state index contributed by atoms with van der Waals surface area (Å²) in [5.74, 6) is 1.10. The van der Waals surface area contributed by atoms with E-state index in [4.69, 9.17) is 41.8 Å². The lowest BCUT2D eigenvalue weighted by Crippen LogP contribution is -2.15. The number of hydrogen-bond donors (Lipinski definition) is 0. The molecule has 4 aromatic rings. The monoisotopic (exact) mass is 454 g/mol. The summed E-state index contributed by atoms with van der Waals surface area (Å²) in [7, 11) is 0. The van der Waals surface area contributed by atoms with Crippen LogP contribution in [0.5, 0.6) is 11.5 Å². The molecule has 1 aliphatic rings. The first-order valence-corrected chi connectivity index (χ1v) is 10.3. The molecule has 5 nitrogen and oxygen atoms in total. The highest BCUT2D eigenvalue weighted by molar-refractivity contribution is 6.31. The molecule has 0 fully saturated rings. The highest BCUT2D eigenvalue weighted by atomic mass is 35.5. The van der Waals surface area contributed by atoms with Gasteiger partial charge in [-0.3, -0.25) is 4.79 Å².